The molecule has 0 aliphatic rings. The number of hydrogen-bond donors (Lipinski definition) is 7. The zero-order valence-corrected chi connectivity index (χ0v) is 20.7. The van der Waals surface area contributed by atoms with E-state index in [1.54, 1.807) is 0 Å². The molecule has 190 valence electrons. The average molecular weight is 551 g/mol. The predicted molar refractivity (Wildman–Crippen MR) is 121 cm³/mol. The molecule has 0 saturated heterocycles. The number of H-pyrrole nitrogens is 1. The van der Waals surface area contributed by atoms with Gasteiger partial charge in [0.15, 0.2) is 14.1 Å². The smallest absolute Gasteiger partial charge is 0.392 e. The van der Waals surface area contributed by atoms with Gasteiger partial charge < -0.3 is 34.5 Å². The van der Waals surface area contributed by atoms with Gasteiger partial charge >= 0.3 is 29.2 Å². The van der Waals surface area contributed by atoms with E-state index in [9.17, 15) is 43.3 Å². The van der Waals surface area contributed by atoms with Gasteiger partial charge in [0.2, 0.25) is 11.4 Å². The number of phosphoric ester groups is 1. The Morgan fingerprint density at radius 2 is 1.56 bits per heavy atom. The normalized spacial score (nSPS) is 19.0. The number of phosphoric acid groups is 3. The number of rotatable bonds is 12. The van der Waals surface area contributed by atoms with Crippen LogP contribution >= 0.6 is 23.5 Å². The number of aromatic nitrogens is 2. The quantitative estimate of drug-likeness (QED) is 0.0939. The maximum Gasteiger partial charge on any atom is 0.490 e. The Balaban J connectivity index is 3.32. The van der Waals surface area contributed by atoms with Crippen LogP contribution in [0.25, 0.3) is 0 Å². The van der Waals surface area contributed by atoms with Gasteiger partial charge in [-0.05, 0) is 11.1 Å². The van der Waals surface area contributed by atoms with Gasteiger partial charge in [0.25, 0.3) is 0 Å². The second-order valence-corrected chi connectivity index (χ2v) is 11.5. The number of aliphatic hydroxyl groups is 2. The Bertz CT molecular complexity index is 1170. The summed E-state index contributed by atoms with van der Waals surface area (Å²) >= 11 is 0. The molecule has 4 atom stereocenters. The molecule has 0 saturated carbocycles. The van der Waals surface area contributed by atoms with Crippen LogP contribution in [-0.4, -0.2) is 95.2 Å². The lowest BCUT2D eigenvalue weighted by atomic mass is 9.61. The van der Waals surface area contributed by atoms with Crippen molar-refractivity contribution >= 4 is 65.9 Å². The first-order chi connectivity index (χ1) is 15.1. The third-order valence-corrected chi connectivity index (χ3v) is 8.33. The van der Waals surface area contributed by atoms with Crippen molar-refractivity contribution in [2.24, 2.45) is 0 Å². The Kier molecular flexibility index (Phi) is 9.77. The zero-order valence-electron chi connectivity index (χ0n) is 18.0. The molecule has 1 aromatic rings. The molecule has 3 unspecified atom stereocenters. The highest BCUT2D eigenvalue weighted by Crippen LogP contribution is 2.67. The third kappa shape index (κ3) is 7.83. The number of halogens is 1. The number of ether oxygens (including phenoxy) is 1. The lowest BCUT2D eigenvalue weighted by Gasteiger charge is -2.41. The minimum absolute atomic E-state index is 0.0115. The Morgan fingerprint density at radius 3 is 2.00 bits per heavy atom. The summed E-state index contributed by atoms with van der Waals surface area (Å²) < 4.78 is 67.0. The first-order valence-electron chi connectivity index (χ1n) is 8.85. The van der Waals surface area contributed by atoms with Crippen molar-refractivity contribution in [3.05, 3.63) is 20.8 Å². The summed E-state index contributed by atoms with van der Waals surface area (Å²) in [6, 6.07) is 0. The number of aliphatic hydroxyl groups excluding tert-OH is 2. The van der Waals surface area contributed by atoms with Crippen LogP contribution < -0.4 is 22.3 Å². The van der Waals surface area contributed by atoms with E-state index in [-0.39, 0.29) is 11.1 Å². The van der Waals surface area contributed by atoms with E-state index in [2.05, 4.69) is 13.1 Å². The second kappa shape index (κ2) is 10.6. The van der Waals surface area contributed by atoms with Crippen LogP contribution in [0.4, 0.5) is 4.39 Å². The van der Waals surface area contributed by atoms with Gasteiger partial charge in [-0.2, -0.15) is 8.62 Å². The van der Waals surface area contributed by atoms with Crippen LogP contribution in [0, 0.1) is 0 Å². The fourth-order valence-electron chi connectivity index (χ4n) is 2.50. The van der Waals surface area contributed by atoms with Crippen LogP contribution in [0.2, 0.25) is 0 Å². The summed E-state index contributed by atoms with van der Waals surface area (Å²) in [5, 5.41) is 16.5. The molecule has 25 heteroatoms. The van der Waals surface area contributed by atoms with Gasteiger partial charge in [0.05, 0.1) is 12.0 Å². The number of alkyl halides is 1. The van der Waals surface area contributed by atoms with Crippen LogP contribution in [-0.2, 0) is 31.6 Å². The molecule has 34 heavy (non-hydrogen) atoms. The first-order valence-corrected chi connectivity index (χ1v) is 13.4. The minimum Gasteiger partial charge on any atom is -0.392 e. The van der Waals surface area contributed by atoms with E-state index in [0.717, 1.165) is 0 Å². The highest BCUT2D eigenvalue weighted by molar-refractivity contribution is 7.66. The van der Waals surface area contributed by atoms with Gasteiger partial charge in [-0.3, -0.25) is 18.9 Å². The van der Waals surface area contributed by atoms with E-state index in [1.807, 2.05) is 4.98 Å². The Labute approximate surface area is 193 Å². The van der Waals surface area contributed by atoms with Crippen molar-refractivity contribution < 1.29 is 65.8 Å². The topological polar surface area (TPSA) is 264 Å². The van der Waals surface area contributed by atoms with Crippen molar-refractivity contribution in [1.82, 2.24) is 9.55 Å². The summed E-state index contributed by atoms with van der Waals surface area (Å²) in [7, 11) is -13.6. The largest absolute Gasteiger partial charge is 0.490 e. The van der Waals surface area contributed by atoms with Crippen molar-refractivity contribution in [1.29, 1.82) is 0 Å². The molecule has 0 aromatic carbocycles. The predicted octanol–water partition coefficient (Wildman–Crippen LogP) is -7.52. The molecule has 7 N–H and O–H groups in total. The maximum absolute atomic E-state index is 15.6. The van der Waals surface area contributed by atoms with Crippen LogP contribution in [0.15, 0.2) is 9.59 Å². The molecule has 0 aliphatic heterocycles. The molecule has 17 nitrogen and oxygen atoms in total. The van der Waals surface area contributed by atoms with Crippen LogP contribution in [0.1, 0.15) is 6.23 Å². The third-order valence-electron chi connectivity index (χ3n) is 4.31. The maximum atomic E-state index is 15.6. The molecular weight excluding hydrogens is 531 g/mol. The number of aromatic amines is 1. The molecule has 1 heterocycles. The monoisotopic (exact) mass is 552 g/mol. The number of nitrogens with one attached hydrogen (secondary N) is 1. The van der Waals surface area contributed by atoms with Gasteiger partial charge in [-0.25, -0.2) is 22.9 Å². The van der Waals surface area contributed by atoms with E-state index in [1.165, 1.54) is 15.7 Å². The molecule has 0 aliphatic carbocycles. The summed E-state index contributed by atoms with van der Waals surface area (Å²) in [6.45, 7) is -2.77. The number of hydrogen-bond acceptors (Lipinski definition) is 11. The Hall–Kier alpha value is -0.840. The van der Waals surface area contributed by atoms with Gasteiger partial charge in [0, 0.05) is 0 Å². The molecular formula is C9H20B4FN2O15P3. The summed E-state index contributed by atoms with van der Waals surface area (Å²) in [5.74, 6) is -3.55. The van der Waals surface area contributed by atoms with E-state index in [0.29, 0.717) is 20.3 Å². The van der Waals surface area contributed by atoms with Crippen LogP contribution in [0.3, 0.4) is 0 Å². The summed E-state index contributed by atoms with van der Waals surface area (Å²) in [5.41, 5.74) is -2.00. The molecule has 1 aromatic heterocycles. The van der Waals surface area contributed by atoms with Crippen molar-refractivity contribution in [2.75, 3.05) is 13.2 Å². The summed E-state index contributed by atoms with van der Waals surface area (Å²) in [6.07, 6.45) is -1.94. The van der Waals surface area contributed by atoms with E-state index >= 15 is 4.39 Å². The van der Waals surface area contributed by atoms with Gasteiger partial charge in [-0.15, -0.1) is 0 Å². The van der Waals surface area contributed by atoms with Gasteiger partial charge in [0.1, 0.15) is 30.1 Å². The fraction of sp³-hybridized carbons (Fsp3) is 0.556. The SMILES string of the molecule is Bc1c(B)n(C(CO)O[C@@](F)(CO)C(B)(B)OP(=O)(O)OP(=O)(O)OP(=O)(O)O)c(=O)[nH]c1=O. The van der Waals surface area contributed by atoms with E-state index in [4.69, 9.17) is 14.5 Å². The van der Waals surface area contributed by atoms with E-state index < -0.39 is 65.4 Å². The molecule has 0 amide bonds. The van der Waals surface area contributed by atoms with Gasteiger partial charge in [-0.1, -0.05) is 0 Å². The van der Waals surface area contributed by atoms with Crippen molar-refractivity contribution in [3.8, 4) is 0 Å². The fourth-order valence-corrected chi connectivity index (χ4v) is 5.86. The molecule has 1 rings (SSSR count). The zero-order chi connectivity index (χ0) is 26.9. The highest BCUT2D eigenvalue weighted by Gasteiger charge is 2.54. The minimum atomic E-state index is -5.93. The number of nitrogens with zero attached hydrogens (tertiary/aromatic N) is 1. The Morgan fingerprint density at radius 1 is 1.03 bits per heavy atom. The van der Waals surface area contributed by atoms with Crippen molar-refractivity contribution in [2.45, 2.75) is 17.5 Å². The first kappa shape index (κ1) is 31.2. The van der Waals surface area contributed by atoms with Crippen molar-refractivity contribution in [3.63, 3.8) is 0 Å². The lowest BCUT2D eigenvalue weighted by Crippen LogP contribution is -2.61. The highest BCUT2D eigenvalue weighted by atomic mass is 31.3. The lowest BCUT2D eigenvalue weighted by molar-refractivity contribution is -0.261. The van der Waals surface area contributed by atoms with Crippen LogP contribution in [0.5, 0.6) is 0 Å². The second-order valence-electron chi connectivity index (χ2n) is 7.17. The molecule has 0 fully saturated rings. The molecule has 0 bridgehead atoms. The molecule has 0 spiro atoms. The molecule has 0 radical (unpaired) electrons. The summed E-state index contributed by atoms with van der Waals surface area (Å²) in [4.78, 5) is 61.8. The standard InChI is InChI=1S/C9H20B4FN2O15P3/c10-4-5(11)16(7(20)15-6(4)19)3(1-17)28-8(14,2-18)9(12,13)29-33(24,25)31-34(26,27)30-32(21,22)23/h3,17-18H,1-2,10-13H2,(H,24,25)(H,26,27)(H,15,19,20)(H2,21,22,23)/t3?,8-/m0/s1. The average Bonchev–Trinajstić information content (AvgIpc) is 2.60.